The first kappa shape index (κ1) is 14.6. The second-order valence-corrected chi connectivity index (χ2v) is 5.74. The molecular formula is C14H21FN2O. The minimum absolute atomic E-state index is 0.0746. The van der Waals surface area contributed by atoms with Gasteiger partial charge in [0.1, 0.15) is 5.82 Å². The number of hydrogen-bond acceptors (Lipinski definition) is 2. The Morgan fingerprint density at radius 1 is 1.33 bits per heavy atom. The molecule has 1 amide bonds. The lowest BCUT2D eigenvalue weighted by Crippen LogP contribution is -2.39. The molecule has 0 fully saturated rings. The Morgan fingerprint density at radius 2 is 1.89 bits per heavy atom. The molecule has 0 heterocycles. The fraction of sp³-hybridized carbons (Fsp3) is 0.500. The van der Waals surface area contributed by atoms with Crippen molar-refractivity contribution >= 4 is 5.91 Å². The molecule has 0 spiro atoms. The molecule has 1 rings (SSSR count). The summed E-state index contributed by atoms with van der Waals surface area (Å²) in [4.78, 5) is 11.7. The van der Waals surface area contributed by atoms with Gasteiger partial charge in [0.05, 0.1) is 0 Å². The lowest BCUT2D eigenvalue weighted by molar-refractivity contribution is 0.0948. The van der Waals surface area contributed by atoms with E-state index in [0.717, 1.165) is 6.42 Å². The van der Waals surface area contributed by atoms with Crippen LogP contribution in [0.15, 0.2) is 24.3 Å². The van der Waals surface area contributed by atoms with E-state index >= 15 is 0 Å². The van der Waals surface area contributed by atoms with Crippen molar-refractivity contribution in [3.05, 3.63) is 35.6 Å². The van der Waals surface area contributed by atoms with E-state index in [1.165, 1.54) is 24.3 Å². The van der Waals surface area contributed by atoms with E-state index in [1.807, 2.05) is 0 Å². The number of halogens is 1. The molecular weight excluding hydrogens is 231 g/mol. The molecule has 0 aliphatic rings. The van der Waals surface area contributed by atoms with Crippen LogP contribution in [0.1, 0.15) is 37.6 Å². The highest BCUT2D eigenvalue weighted by Crippen LogP contribution is 2.19. The van der Waals surface area contributed by atoms with E-state index in [0.29, 0.717) is 12.1 Å². The molecule has 0 bridgehead atoms. The van der Waals surface area contributed by atoms with Crippen molar-refractivity contribution < 1.29 is 9.18 Å². The Balaban J connectivity index is 2.44. The number of nitrogens with one attached hydrogen (secondary N) is 1. The van der Waals surface area contributed by atoms with Crippen molar-refractivity contribution in [2.45, 2.75) is 33.2 Å². The molecule has 0 aliphatic heterocycles. The van der Waals surface area contributed by atoms with E-state index in [1.54, 1.807) is 0 Å². The van der Waals surface area contributed by atoms with Gasteiger partial charge in [-0.05, 0) is 36.1 Å². The van der Waals surface area contributed by atoms with Crippen LogP contribution in [0.3, 0.4) is 0 Å². The SMILES string of the molecule is CC(C)(C)CC(N)CNC(=O)c1ccc(F)cc1. The van der Waals surface area contributed by atoms with Gasteiger partial charge in [-0.3, -0.25) is 4.79 Å². The summed E-state index contributed by atoms with van der Waals surface area (Å²) < 4.78 is 12.7. The highest BCUT2D eigenvalue weighted by Gasteiger charge is 2.16. The average molecular weight is 252 g/mol. The summed E-state index contributed by atoms with van der Waals surface area (Å²) in [6, 6.07) is 5.38. The van der Waals surface area contributed by atoms with Crippen LogP contribution in [0.4, 0.5) is 4.39 Å². The van der Waals surface area contributed by atoms with Gasteiger partial charge < -0.3 is 11.1 Å². The molecule has 4 heteroatoms. The van der Waals surface area contributed by atoms with Gasteiger partial charge in [0.2, 0.25) is 0 Å². The van der Waals surface area contributed by atoms with Crippen LogP contribution in [0, 0.1) is 11.2 Å². The Hall–Kier alpha value is -1.42. The number of nitrogens with two attached hydrogens (primary N) is 1. The number of amides is 1. The first-order valence-electron chi connectivity index (χ1n) is 6.07. The molecule has 0 saturated heterocycles. The van der Waals surface area contributed by atoms with Crippen LogP contribution < -0.4 is 11.1 Å². The summed E-state index contributed by atoms with van der Waals surface area (Å²) >= 11 is 0. The predicted octanol–water partition coefficient (Wildman–Crippen LogP) is 2.32. The van der Waals surface area contributed by atoms with E-state index in [-0.39, 0.29) is 23.2 Å². The van der Waals surface area contributed by atoms with Crippen LogP contribution in [0.25, 0.3) is 0 Å². The molecule has 18 heavy (non-hydrogen) atoms. The van der Waals surface area contributed by atoms with Crippen LogP contribution in [-0.2, 0) is 0 Å². The second kappa shape index (κ2) is 5.96. The van der Waals surface area contributed by atoms with Gasteiger partial charge in [0.25, 0.3) is 5.91 Å². The number of rotatable bonds is 4. The molecule has 100 valence electrons. The fourth-order valence-electron chi connectivity index (χ4n) is 1.79. The van der Waals surface area contributed by atoms with Gasteiger partial charge in [0.15, 0.2) is 0 Å². The lowest BCUT2D eigenvalue weighted by atomic mass is 9.88. The normalized spacial score (nSPS) is 13.2. The second-order valence-electron chi connectivity index (χ2n) is 5.74. The van der Waals surface area contributed by atoms with Gasteiger partial charge in [-0.1, -0.05) is 20.8 Å². The molecule has 3 nitrogen and oxygen atoms in total. The molecule has 0 aromatic heterocycles. The minimum atomic E-state index is -0.351. The zero-order valence-corrected chi connectivity index (χ0v) is 11.2. The Morgan fingerprint density at radius 3 is 2.39 bits per heavy atom. The van der Waals surface area contributed by atoms with Crippen LogP contribution in [0.2, 0.25) is 0 Å². The summed E-state index contributed by atoms with van der Waals surface area (Å²) in [7, 11) is 0. The van der Waals surface area contributed by atoms with E-state index in [9.17, 15) is 9.18 Å². The average Bonchev–Trinajstić information content (AvgIpc) is 2.24. The zero-order chi connectivity index (χ0) is 13.8. The molecule has 1 unspecified atom stereocenters. The van der Waals surface area contributed by atoms with E-state index < -0.39 is 0 Å². The zero-order valence-electron chi connectivity index (χ0n) is 11.2. The van der Waals surface area contributed by atoms with Crippen LogP contribution in [-0.4, -0.2) is 18.5 Å². The van der Waals surface area contributed by atoms with E-state index in [4.69, 9.17) is 5.73 Å². The van der Waals surface area contributed by atoms with Gasteiger partial charge in [0, 0.05) is 18.2 Å². The maximum absolute atomic E-state index is 12.7. The van der Waals surface area contributed by atoms with Gasteiger partial charge in [-0.15, -0.1) is 0 Å². The Kier molecular flexibility index (Phi) is 4.84. The third-order valence-corrected chi connectivity index (χ3v) is 2.51. The van der Waals surface area contributed by atoms with E-state index in [2.05, 4.69) is 26.1 Å². The standard InChI is InChI=1S/C14H21FN2O/c1-14(2,3)8-12(16)9-17-13(18)10-4-6-11(15)7-5-10/h4-7,12H,8-9,16H2,1-3H3,(H,17,18). The van der Waals surface area contributed by atoms with Gasteiger partial charge in [-0.2, -0.15) is 0 Å². The molecule has 1 atom stereocenters. The fourth-order valence-corrected chi connectivity index (χ4v) is 1.79. The summed E-state index contributed by atoms with van der Waals surface area (Å²) in [5.41, 5.74) is 6.52. The maximum atomic E-state index is 12.7. The number of hydrogen-bond donors (Lipinski definition) is 2. The predicted molar refractivity (Wildman–Crippen MR) is 70.8 cm³/mol. The topological polar surface area (TPSA) is 55.1 Å². The molecule has 1 aromatic rings. The summed E-state index contributed by atoms with van der Waals surface area (Å²) in [5.74, 6) is -0.574. The summed E-state index contributed by atoms with van der Waals surface area (Å²) in [6.07, 6.45) is 0.830. The number of benzene rings is 1. The molecule has 3 N–H and O–H groups in total. The Labute approximate surface area is 108 Å². The third-order valence-electron chi connectivity index (χ3n) is 2.51. The Bertz CT molecular complexity index is 395. The monoisotopic (exact) mass is 252 g/mol. The molecule has 0 radical (unpaired) electrons. The molecule has 0 aliphatic carbocycles. The highest BCUT2D eigenvalue weighted by atomic mass is 19.1. The maximum Gasteiger partial charge on any atom is 0.251 e. The number of carbonyl (C=O) groups excluding carboxylic acids is 1. The van der Waals surface area contributed by atoms with Crippen molar-refractivity contribution in [1.82, 2.24) is 5.32 Å². The smallest absolute Gasteiger partial charge is 0.251 e. The summed E-state index contributed by atoms with van der Waals surface area (Å²) in [6.45, 7) is 6.74. The first-order valence-corrected chi connectivity index (χ1v) is 6.07. The van der Waals surface area contributed by atoms with Crippen molar-refractivity contribution in [2.75, 3.05) is 6.54 Å². The van der Waals surface area contributed by atoms with Gasteiger partial charge in [-0.25, -0.2) is 4.39 Å². The lowest BCUT2D eigenvalue weighted by Gasteiger charge is -2.23. The highest BCUT2D eigenvalue weighted by molar-refractivity contribution is 5.94. The third kappa shape index (κ3) is 5.27. The van der Waals surface area contributed by atoms with Crippen LogP contribution in [0.5, 0.6) is 0 Å². The van der Waals surface area contributed by atoms with Crippen molar-refractivity contribution in [2.24, 2.45) is 11.1 Å². The van der Waals surface area contributed by atoms with Crippen LogP contribution >= 0.6 is 0 Å². The van der Waals surface area contributed by atoms with Crippen molar-refractivity contribution in [3.8, 4) is 0 Å². The quantitative estimate of drug-likeness (QED) is 0.864. The first-order chi connectivity index (χ1) is 8.28. The van der Waals surface area contributed by atoms with Crippen molar-refractivity contribution in [3.63, 3.8) is 0 Å². The van der Waals surface area contributed by atoms with Gasteiger partial charge >= 0.3 is 0 Å². The minimum Gasteiger partial charge on any atom is -0.350 e. The molecule has 1 aromatic carbocycles. The largest absolute Gasteiger partial charge is 0.350 e. The van der Waals surface area contributed by atoms with Crippen molar-refractivity contribution in [1.29, 1.82) is 0 Å². The number of carbonyl (C=O) groups is 1. The molecule has 0 saturated carbocycles. The summed E-state index contributed by atoms with van der Waals surface area (Å²) in [5, 5.41) is 2.75.